The molecule has 0 radical (unpaired) electrons. The summed E-state index contributed by atoms with van der Waals surface area (Å²) in [5.74, 6) is -0.345. The van der Waals surface area contributed by atoms with Crippen molar-refractivity contribution in [2.75, 3.05) is 13.1 Å². The Morgan fingerprint density at radius 2 is 2.26 bits per heavy atom. The molecule has 0 unspecified atom stereocenters. The Labute approximate surface area is 110 Å². The molecule has 1 aliphatic carbocycles. The molecule has 1 aromatic heterocycles. The van der Waals surface area contributed by atoms with Crippen molar-refractivity contribution in [2.24, 2.45) is 5.92 Å². The van der Waals surface area contributed by atoms with Crippen LogP contribution in [-0.2, 0) is 22.7 Å². The van der Waals surface area contributed by atoms with Crippen molar-refractivity contribution in [3.05, 3.63) is 11.9 Å². The third kappa shape index (κ3) is 5.04. The van der Waals surface area contributed by atoms with Crippen LogP contribution >= 0.6 is 0 Å². The highest BCUT2D eigenvalue weighted by Gasteiger charge is 2.20. The number of aliphatic carboxylic acids is 1. The molecule has 1 aliphatic rings. The highest BCUT2D eigenvalue weighted by atomic mass is 16.4. The van der Waals surface area contributed by atoms with Crippen LogP contribution in [0.1, 0.15) is 18.5 Å². The van der Waals surface area contributed by atoms with Crippen LogP contribution < -0.4 is 10.6 Å². The Morgan fingerprint density at radius 1 is 1.47 bits per heavy atom. The van der Waals surface area contributed by atoms with Gasteiger partial charge < -0.3 is 15.7 Å². The minimum Gasteiger partial charge on any atom is -0.480 e. The van der Waals surface area contributed by atoms with E-state index in [1.807, 2.05) is 0 Å². The van der Waals surface area contributed by atoms with Crippen LogP contribution in [0.3, 0.4) is 0 Å². The molecule has 3 N–H and O–H groups in total. The van der Waals surface area contributed by atoms with Crippen LogP contribution in [-0.4, -0.2) is 45.1 Å². The van der Waals surface area contributed by atoms with Gasteiger partial charge in [-0.05, 0) is 25.3 Å². The molecular formula is C11H17N5O3. The maximum atomic E-state index is 11.5. The van der Waals surface area contributed by atoms with E-state index in [2.05, 4.69) is 20.9 Å². The van der Waals surface area contributed by atoms with Crippen molar-refractivity contribution >= 4 is 11.9 Å². The number of nitrogens with one attached hydrogen (secondary N) is 2. The minimum absolute atomic E-state index is 0.103. The van der Waals surface area contributed by atoms with E-state index in [1.165, 1.54) is 23.7 Å². The Kier molecular flexibility index (Phi) is 4.45. The lowest BCUT2D eigenvalue weighted by molar-refractivity contribution is -0.138. The second-order valence-electron chi connectivity index (χ2n) is 4.65. The molecule has 0 saturated heterocycles. The summed E-state index contributed by atoms with van der Waals surface area (Å²) in [6.45, 7) is 1.20. The van der Waals surface area contributed by atoms with Gasteiger partial charge in [-0.2, -0.15) is 0 Å². The van der Waals surface area contributed by atoms with Crippen molar-refractivity contribution in [1.29, 1.82) is 0 Å². The minimum atomic E-state index is -0.982. The number of carboxylic acids is 1. The lowest BCUT2D eigenvalue weighted by Gasteiger charge is -2.04. The largest absolute Gasteiger partial charge is 0.480 e. The smallest absolute Gasteiger partial charge is 0.325 e. The van der Waals surface area contributed by atoms with Gasteiger partial charge in [0.05, 0.1) is 19.3 Å². The molecule has 0 aromatic carbocycles. The predicted octanol–water partition coefficient (Wildman–Crippen LogP) is -1.02. The molecule has 2 rings (SSSR count). The van der Waals surface area contributed by atoms with E-state index < -0.39 is 5.97 Å². The number of rotatable bonds is 8. The number of aromatic nitrogens is 3. The van der Waals surface area contributed by atoms with Gasteiger partial charge in [0.1, 0.15) is 12.2 Å². The third-order valence-electron chi connectivity index (χ3n) is 2.77. The molecule has 8 heteroatoms. The summed E-state index contributed by atoms with van der Waals surface area (Å²) in [4.78, 5) is 21.9. The van der Waals surface area contributed by atoms with Crippen molar-refractivity contribution < 1.29 is 14.7 Å². The number of amides is 1. The summed E-state index contributed by atoms with van der Waals surface area (Å²) in [5, 5.41) is 21.8. The summed E-state index contributed by atoms with van der Waals surface area (Å²) >= 11 is 0. The Morgan fingerprint density at radius 3 is 2.95 bits per heavy atom. The summed E-state index contributed by atoms with van der Waals surface area (Å²) in [7, 11) is 0. The van der Waals surface area contributed by atoms with E-state index in [-0.39, 0.29) is 19.0 Å². The molecular weight excluding hydrogens is 250 g/mol. The first kappa shape index (κ1) is 13.5. The summed E-state index contributed by atoms with van der Waals surface area (Å²) in [5.41, 5.74) is 0.539. The van der Waals surface area contributed by atoms with E-state index in [0.29, 0.717) is 12.2 Å². The molecule has 0 spiro atoms. The fourth-order valence-corrected chi connectivity index (χ4v) is 1.60. The fourth-order valence-electron chi connectivity index (χ4n) is 1.60. The molecule has 104 valence electrons. The molecule has 0 bridgehead atoms. The number of carbonyl (C=O) groups excluding carboxylic acids is 1. The van der Waals surface area contributed by atoms with Crippen molar-refractivity contribution in [3.63, 3.8) is 0 Å². The first-order valence-corrected chi connectivity index (χ1v) is 6.21. The number of carboxylic acid groups (broad SMARTS) is 1. The number of carbonyl (C=O) groups is 2. The van der Waals surface area contributed by atoms with Crippen LogP contribution in [0.15, 0.2) is 6.20 Å². The average Bonchev–Trinajstić information content (AvgIpc) is 3.06. The Hall–Kier alpha value is -1.96. The van der Waals surface area contributed by atoms with Gasteiger partial charge in [0, 0.05) is 0 Å². The summed E-state index contributed by atoms with van der Waals surface area (Å²) < 4.78 is 1.22. The van der Waals surface area contributed by atoms with Crippen LogP contribution in [0, 0.1) is 5.92 Å². The van der Waals surface area contributed by atoms with E-state index >= 15 is 0 Å². The lowest BCUT2D eigenvalue weighted by Crippen LogP contribution is -2.34. The quantitative estimate of drug-likeness (QED) is 0.556. The van der Waals surface area contributed by atoms with Gasteiger partial charge in [-0.25, -0.2) is 4.68 Å². The SMILES string of the molecule is O=C(O)Cn1cc(CNC(=O)CNCC2CC2)nn1. The third-order valence-corrected chi connectivity index (χ3v) is 2.77. The normalized spacial score (nSPS) is 14.3. The monoisotopic (exact) mass is 267 g/mol. The molecule has 19 heavy (non-hydrogen) atoms. The van der Waals surface area contributed by atoms with Gasteiger partial charge in [-0.15, -0.1) is 5.10 Å². The molecule has 0 aliphatic heterocycles. The molecule has 1 amide bonds. The van der Waals surface area contributed by atoms with Crippen molar-refractivity contribution in [2.45, 2.75) is 25.9 Å². The molecule has 8 nitrogen and oxygen atoms in total. The Balaban J connectivity index is 1.64. The van der Waals surface area contributed by atoms with Crippen LogP contribution in [0.2, 0.25) is 0 Å². The van der Waals surface area contributed by atoms with Gasteiger partial charge in [0.25, 0.3) is 0 Å². The fraction of sp³-hybridized carbons (Fsp3) is 0.636. The first-order chi connectivity index (χ1) is 9.13. The standard InChI is InChI=1S/C11H17N5O3/c17-10(5-12-3-8-1-2-8)13-4-9-6-16(15-14-9)7-11(18)19/h6,8,12H,1-5,7H2,(H,13,17)(H,18,19). The van der Waals surface area contributed by atoms with Gasteiger partial charge in [0.15, 0.2) is 0 Å². The predicted molar refractivity (Wildman–Crippen MR) is 65.1 cm³/mol. The Bertz CT molecular complexity index is 455. The van der Waals surface area contributed by atoms with E-state index in [0.717, 1.165) is 12.5 Å². The molecule has 1 fully saturated rings. The lowest BCUT2D eigenvalue weighted by atomic mass is 10.4. The second kappa shape index (κ2) is 6.28. The number of nitrogens with zero attached hydrogens (tertiary/aromatic N) is 3. The zero-order valence-corrected chi connectivity index (χ0v) is 10.5. The highest BCUT2D eigenvalue weighted by Crippen LogP contribution is 2.27. The van der Waals surface area contributed by atoms with Crippen molar-refractivity contribution in [3.8, 4) is 0 Å². The zero-order chi connectivity index (χ0) is 13.7. The van der Waals surface area contributed by atoms with E-state index in [1.54, 1.807) is 0 Å². The van der Waals surface area contributed by atoms with Crippen LogP contribution in [0.4, 0.5) is 0 Å². The van der Waals surface area contributed by atoms with Gasteiger partial charge >= 0.3 is 5.97 Å². The molecule has 0 atom stereocenters. The van der Waals surface area contributed by atoms with Gasteiger partial charge in [-0.3, -0.25) is 9.59 Å². The van der Waals surface area contributed by atoms with Crippen LogP contribution in [0.25, 0.3) is 0 Å². The molecule has 1 saturated carbocycles. The maximum Gasteiger partial charge on any atom is 0.325 e. The van der Waals surface area contributed by atoms with Gasteiger partial charge in [0.2, 0.25) is 5.91 Å². The second-order valence-corrected chi connectivity index (χ2v) is 4.65. The average molecular weight is 267 g/mol. The zero-order valence-electron chi connectivity index (χ0n) is 10.5. The van der Waals surface area contributed by atoms with Crippen molar-refractivity contribution in [1.82, 2.24) is 25.6 Å². The summed E-state index contributed by atoms with van der Waals surface area (Å²) in [6, 6.07) is 0. The van der Waals surface area contributed by atoms with Gasteiger partial charge in [-0.1, -0.05) is 5.21 Å². The highest BCUT2D eigenvalue weighted by molar-refractivity contribution is 5.77. The first-order valence-electron chi connectivity index (χ1n) is 6.21. The number of hydrogen-bond acceptors (Lipinski definition) is 5. The summed E-state index contributed by atoms with van der Waals surface area (Å²) in [6.07, 6.45) is 4.01. The van der Waals surface area contributed by atoms with Crippen LogP contribution in [0.5, 0.6) is 0 Å². The van der Waals surface area contributed by atoms with E-state index in [4.69, 9.17) is 5.11 Å². The molecule has 1 heterocycles. The molecule has 1 aromatic rings. The van der Waals surface area contributed by atoms with E-state index in [9.17, 15) is 9.59 Å². The maximum absolute atomic E-state index is 11.5. The topological polar surface area (TPSA) is 109 Å². The number of hydrogen-bond donors (Lipinski definition) is 3.